The van der Waals surface area contributed by atoms with Crippen molar-refractivity contribution < 1.29 is 0 Å². The third-order valence-electron chi connectivity index (χ3n) is 4.33. The summed E-state index contributed by atoms with van der Waals surface area (Å²) in [4.78, 5) is 15.3. The van der Waals surface area contributed by atoms with Gasteiger partial charge in [-0.3, -0.25) is 0 Å². The summed E-state index contributed by atoms with van der Waals surface area (Å²) < 4.78 is 0. The Kier molecular flexibility index (Phi) is 3.30. The molecular weight excluding hydrogens is 304 g/mol. The summed E-state index contributed by atoms with van der Waals surface area (Å²) >= 11 is 0. The molecule has 0 amide bonds. The lowest BCUT2D eigenvalue weighted by atomic mass is 9.98. The summed E-state index contributed by atoms with van der Waals surface area (Å²) in [6.07, 6.45) is 4.07. The standard InChI is InChI=1S/C16H18N8/c1-8-3-11-12(4-9(8)2)21-15(20-11)5-10(14-7-19-24-23-14)13-6-18-16(17)22-13/h3-4,6-7,10H,5H2,1-2H3,(H,20,21)(H3,17,18,22)(H,19,23,24). The summed E-state index contributed by atoms with van der Waals surface area (Å²) in [6.45, 7) is 4.19. The van der Waals surface area contributed by atoms with Gasteiger partial charge in [-0.1, -0.05) is 0 Å². The Bertz CT molecular complexity index is 940. The van der Waals surface area contributed by atoms with Crippen molar-refractivity contribution in [1.82, 2.24) is 35.3 Å². The van der Waals surface area contributed by atoms with Crippen LogP contribution in [0.5, 0.6) is 0 Å². The minimum absolute atomic E-state index is 0.0590. The van der Waals surface area contributed by atoms with E-state index >= 15 is 0 Å². The molecule has 1 unspecified atom stereocenters. The zero-order chi connectivity index (χ0) is 16.7. The van der Waals surface area contributed by atoms with Gasteiger partial charge in [-0.05, 0) is 37.1 Å². The van der Waals surface area contributed by atoms with Crippen LogP contribution < -0.4 is 5.73 Å². The van der Waals surface area contributed by atoms with Gasteiger partial charge in [0.1, 0.15) is 5.82 Å². The Morgan fingerprint density at radius 1 is 1.12 bits per heavy atom. The van der Waals surface area contributed by atoms with Crippen LogP contribution in [0.3, 0.4) is 0 Å². The highest BCUT2D eigenvalue weighted by molar-refractivity contribution is 5.77. The molecule has 0 saturated heterocycles. The Hall–Kier alpha value is -3.16. The van der Waals surface area contributed by atoms with Crippen molar-refractivity contribution in [3.8, 4) is 0 Å². The van der Waals surface area contributed by atoms with E-state index in [2.05, 4.69) is 56.3 Å². The van der Waals surface area contributed by atoms with Crippen molar-refractivity contribution in [1.29, 1.82) is 0 Å². The molecule has 0 aliphatic rings. The fourth-order valence-electron chi connectivity index (χ4n) is 2.89. The molecule has 1 atom stereocenters. The maximum atomic E-state index is 5.72. The molecule has 0 radical (unpaired) electrons. The molecule has 0 saturated carbocycles. The summed E-state index contributed by atoms with van der Waals surface area (Å²) in [5, 5.41) is 10.8. The minimum Gasteiger partial charge on any atom is -0.369 e. The molecule has 5 N–H and O–H groups in total. The predicted octanol–water partition coefficient (Wildman–Crippen LogP) is 1.98. The zero-order valence-corrected chi connectivity index (χ0v) is 13.5. The largest absolute Gasteiger partial charge is 0.369 e. The van der Waals surface area contributed by atoms with Crippen molar-refractivity contribution >= 4 is 17.0 Å². The maximum Gasteiger partial charge on any atom is 0.197 e. The number of benzene rings is 1. The average molecular weight is 322 g/mol. The van der Waals surface area contributed by atoms with E-state index in [-0.39, 0.29) is 5.92 Å². The van der Waals surface area contributed by atoms with E-state index < -0.39 is 0 Å². The highest BCUT2D eigenvalue weighted by Crippen LogP contribution is 2.26. The van der Waals surface area contributed by atoms with Crippen LogP contribution in [0, 0.1) is 13.8 Å². The van der Waals surface area contributed by atoms with E-state index in [4.69, 9.17) is 10.7 Å². The molecule has 4 aromatic rings. The number of aromatic nitrogens is 7. The van der Waals surface area contributed by atoms with Crippen molar-refractivity contribution in [3.05, 3.63) is 52.9 Å². The van der Waals surface area contributed by atoms with Gasteiger partial charge in [0, 0.05) is 12.1 Å². The van der Waals surface area contributed by atoms with E-state index in [9.17, 15) is 0 Å². The summed E-state index contributed by atoms with van der Waals surface area (Å²) in [5.41, 5.74) is 11.9. The Balaban J connectivity index is 1.72. The van der Waals surface area contributed by atoms with Crippen molar-refractivity contribution in [2.24, 2.45) is 0 Å². The van der Waals surface area contributed by atoms with Crippen LogP contribution >= 0.6 is 0 Å². The second-order valence-corrected chi connectivity index (χ2v) is 6.01. The lowest BCUT2D eigenvalue weighted by Gasteiger charge is -2.10. The number of aryl methyl sites for hydroxylation is 2. The van der Waals surface area contributed by atoms with Gasteiger partial charge in [0.05, 0.1) is 35.0 Å². The van der Waals surface area contributed by atoms with Gasteiger partial charge in [-0.25, -0.2) is 9.97 Å². The normalized spacial score (nSPS) is 12.8. The fourth-order valence-corrected chi connectivity index (χ4v) is 2.89. The monoisotopic (exact) mass is 322 g/mol. The molecule has 3 aromatic heterocycles. The van der Waals surface area contributed by atoms with Crippen molar-refractivity contribution in [2.45, 2.75) is 26.2 Å². The number of nitrogens with zero attached hydrogens (tertiary/aromatic N) is 4. The summed E-state index contributed by atoms with van der Waals surface area (Å²) in [5.74, 6) is 1.21. The number of imidazole rings is 2. The first kappa shape index (κ1) is 14.4. The van der Waals surface area contributed by atoms with Crippen LogP contribution in [-0.2, 0) is 6.42 Å². The van der Waals surface area contributed by atoms with Gasteiger partial charge in [-0.2, -0.15) is 15.4 Å². The van der Waals surface area contributed by atoms with Gasteiger partial charge in [0.2, 0.25) is 0 Å². The van der Waals surface area contributed by atoms with Crippen molar-refractivity contribution in [3.63, 3.8) is 0 Å². The van der Waals surface area contributed by atoms with E-state index in [0.29, 0.717) is 12.4 Å². The molecule has 0 aliphatic heterocycles. The number of nitrogen functional groups attached to an aromatic ring is 1. The number of anilines is 1. The number of nitrogens with two attached hydrogens (primary N) is 1. The average Bonchev–Trinajstić information content (AvgIpc) is 3.26. The van der Waals surface area contributed by atoms with Crippen LogP contribution in [-0.4, -0.2) is 35.3 Å². The molecule has 4 rings (SSSR count). The number of aromatic amines is 3. The first-order chi connectivity index (χ1) is 11.6. The molecule has 0 bridgehead atoms. The van der Waals surface area contributed by atoms with Gasteiger partial charge >= 0.3 is 0 Å². The Morgan fingerprint density at radius 2 is 1.96 bits per heavy atom. The number of H-pyrrole nitrogens is 3. The van der Waals surface area contributed by atoms with Crippen LogP contribution in [0.15, 0.2) is 24.5 Å². The number of fused-ring (bicyclic) bond motifs is 1. The molecule has 122 valence electrons. The Morgan fingerprint density at radius 3 is 2.67 bits per heavy atom. The molecule has 0 spiro atoms. The topological polar surface area (TPSA) is 125 Å². The van der Waals surface area contributed by atoms with E-state index in [0.717, 1.165) is 28.2 Å². The highest BCUT2D eigenvalue weighted by atomic mass is 15.3. The number of rotatable bonds is 4. The second-order valence-electron chi connectivity index (χ2n) is 6.01. The van der Waals surface area contributed by atoms with Crippen LogP contribution in [0.4, 0.5) is 5.95 Å². The summed E-state index contributed by atoms with van der Waals surface area (Å²) in [7, 11) is 0. The van der Waals surface area contributed by atoms with E-state index in [1.807, 2.05) is 0 Å². The lowest BCUT2D eigenvalue weighted by Crippen LogP contribution is -2.08. The summed E-state index contributed by atoms with van der Waals surface area (Å²) in [6, 6.07) is 4.23. The third-order valence-corrected chi connectivity index (χ3v) is 4.33. The highest BCUT2D eigenvalue weighted by Gasteiger charge is 2.21. The zero-order valence-electron chi connectivity index (χ0n) is 13.5. The van der Waals surface area contributed by atoms with Crippen LogP contribution in [0.25, 0.3) is 11.0 Å². The molecule has 0 fully saturated rings. The van der Waals surface area contributed by atoms with Gasteiger partial charge < -0.3 is 15.7 Å². The van der Waals surface area contributed by atoms with Gasteiger partial charge in [0.25, 0.3) is 0 Å². The molecular formula is C16H18N8. The number of nitrogens with one attached hydrogen (secondary N) is 3. The molecule has 1 aromatic carbocycles. The van der Waals surface area contributed by atoms with E-state index in [1.54, 1.807) is 12.4 Å². The van der Waals surface area contributed by atoms with Crippen LogP contribution in [0.1, 0.15) is 34.3 Å². The fraction of sp³-hybridized carbons (Fsp3) is 0.250. The molecule has 8 nitrogen and oxygen atoms in total. The quantitative estimate of drug-likeness (QED) is 0.457. The number of hydrogen-bond acceptors (Lipinski definition) is 5. The maximum absolute atomic E-state index is 5.72. The molecule has 8 heteroatoms. The van der Waals surface area contributed by atoms with Gasteiger partial charge in [-0.15, -0.1) is 0 Å². The van der Waals surface area contributed by atoms with Gasteiger partial charge in [0.15, 0.2) is 5.95 Å². The molecule has 24 heavy (non-hydrogen) atoms. The second kappa shape index (κ2) is 5.48. The third kappa shape index (κ3) is 2.51. The molecule has 3 heterocycles. The Labute approximate surface area is 137 Å². The minimum atomic E-state index is -0.0590. The first-order valence-electron chi connectivity index (χ1n) is 7.72. The lowest BCUT2D eigenvalue weighted by molar-refractivity contribution is 0.720. The SMILES string of the molecule is Cc1cc2nc(CC(c3cn[nH]n3)c3cnc(N)[nH]3)[nH]c2cc1C. The first-order valence-corrected chi connectivity index (χ1v) is 7.72. The van der Waals surface area contributed by atoms with Crippen molar-refractivity contribution in [2.75, 3.05) is 5.73 Å². The smallest absolute Gasteiger partial charge is 0.197 e. The molecule has 0 aliphatic carbocycles. The predicted molar refractivity (Wildman–Crippen MR) is 90.5 cm³/mol. The van der Waals surface area contributed by atoms with Crippen LogP contribution in [0.2, 0.25) is 0 Å². The number of hydrogen-bond donors (Lipinski definition) is 4. The van der Waals surface area contributed by atoms with E-state index in [1.165, 1.54) is 11.1 Å².